The van der Waals surface area contributed by atoms with Crippen molar-refractivity contribution in [2.75, 3.05) is 13.6 Å². The van der Waals surface area contributed by atoms with Gasteiger partial charge in [-0.1, -0.05) is 19.9 Å². The van der Waals surface area contributed by atoms with Crippen molar-refractivity contribution in [3.63, 3.8) is 0 Å². The van der Waals surface area contributed by atoms with Crippen molar-refractivity contribution in [3.05, 3.63) is 29.3 Å². The molecule has 0 saturated heterocycles. The van der Waals surface area contributed by atoms with E-state index >= 15 is 0 Å². The van der Waals surface area contributed by atoms with Crippen molar-refractivity contribution in [3.8, 4) is 0 Å². The lowest BCUT2D eigenvalue weighted by Crippen LogP contribution is -2.27. The average Bonchev–Trinajstić information content (AvgIpc) is 2.38. The molecule has 3 nitrogen and oxygen atoms in total. The highest BCUT2D eigenvalue weighted by atomic mass is 35.5. The average molecular weight is 290 g/mol. The van der Waals surface area contributed by atoms with E-state index in [4.69, 9.17) is 11.6 Å². The minimum atomic E-state index is -3.38. The first kappa shape index (κ1) is 15.5. The Balaban J connectivity index is 3.17. The van der Waals surface area contributed by atoms with E-state index in [9.17, 15) is 8.42 Å². The number of sulfonamides is 1. The summed E-state index contributed by atoms with van der Waals surface area (Å²) in [4.78, 5) is 0.325. The molecule has 0 spiro atoms. The standard InChI is InChI=1S/C13H20ClNO2S/c1-4-8-15(3)18(16,17)13-7-6-11(5-2)12(9-13)10-14/h6-7,9H,4-5,8,10H2,1-3H3. The van der Waals surface area contributed by atoms with Gasteiger partial charge < -0.3 is 0 Å². The van der Waals surface area contributed by atoms with Crippen molar-refractivity contribution in [1.82, 2.24) is 4.31 Å². The van der Waals surface area contributed by atoms with Gasteiger partial charge in [-0.2, -0.15) is 0 Å². The van der Waals surface area contributed by atoms with Crippen LogP contribution in [0.5, 0.6) is 0 Å². The van der Waals surface area contributed by atoms with Crippen LogP contribution in [0.25, 0.3) is 0 Å². The molecule has 0 heterocycles. The van der Waals surface area contributed by atoms with E-state index in [0.29, 0.717) is 17.3 Å². The minimum Gasteiger partial charge on any atom is -0.207 e. The van der Waals surface area contributed by atoms with Crippen molar-refractivity contribution < 1.29 is 8.42 Å². The summed E-state index contributed by atoms with van der Waals surface area (Å²) < 4.78 is 25.9. The van der Waals surface area contributed by atoms with Gasteiger partial charge in [0.1, 0.15) is 0 Å². The smallest absolute Gasteiger partial charge is 0.207 e. The van der Waals surface area contributed by atoms with Crippen LogP contribution in [0, 0.1) is 0 Å². The molecular formula is C13H20ClNO2S. The summed E-state index contributed by atoms with van der Waals surface area (Å²) >= 11 is 5.87. The largest absolute Gasteiger partial charge is 0.242 e. The Morgan fingerprint density at radius 1 is 1.22 bits per heavy atom. The van der Waals surface area contributed by atoms with Gasteiger partial charge in [0.15, 0.2) is 0 Å². The molecule has 18 heavy (non-hydrogen) atoms. The summed E-state index contributed by atoms with van der Waals surface area (Å²) in [5.74, 6) is 0.337. The molecule has 0 unspecified atom stereocenters. The second-order valence-corrected chi connectivity index (χ2v) is 6.56. The lowest BCUT2D eigenvalue weighted by molar-refractivity contribution is 0.468. The van der Waals surface area contributed by atoms with Crippen LogP contribution < -0.4 is 0 Å². The first-order valence-corrected chi connectivity index (χ1v) is 8.08. The summed E-state index contributed by atoms with van der Waals surface area (Å²) in [5.41, 5.74) is 1.99. The Labute approximate surface area is 115 Å². The fourth-order valence-electron chi connectivity index (χ4n) is 1.85. The quantitative estimate of drug-likeness (QED) is 0.755. The number of nitrogens with zero attached hydrogens (tertiary/aromatic N) is 1. The summed E-state index contributed by atoms with van der Waals surface area (Å²) in [6.45, 7) is 4.51. The zero-order valence-electron chi connectivity index (χ0n) is 11.1. The molecule has 0 bridgehead atoms. The van der Waals surface area contributed by atoms with E-state index < -0.39 is 10.0 Å². The number of hydrogen-bond acceptors (Lipinski definition) is 2. The summed E-state index contributed by atoms with van der Waals surface area (Å²) in [6.07, 6.45) is 1.65. The maximum absolute atomic E-state index is 12.3. The van der Waals surface area contributed by atoms with Crippen LogP contribution in [-0.2, 0) is 22.3 Å². The number of hydrogen-bond donors (Lipinski definition) is 0. The van der Waals surface area contributed by atoms with E-state index in [1.165, 1.54) is 4.31 Å². The van der Waals surface area contributed by atoms with Crippen LogP contribution in [0.4, 0.5) is 0 Å². The molecule has 1 aromatic rings. The fourth-order valence-corrected chi connectivity index (χ4v) is 3.41. The molecule has 1 aromatic carbocycles. The Hall–Kier alpha value is -0.580. The molecule has 0 radical (unpaired) electrons. The van der Waals surface area contributed by atoms with Crippen LogP contribution in [0.1, 0.15) is 31.4 Å². The predicted molar refractivity (Wildman–Crippen MR) is 75.5 cm³/mol. The van der Waals surface area contributed by atoms with E-state index in [1.807, 2.05) is 19.9 Å². The third kappa shape index (κ3) is 3.25. The van der Waals surface area contributed by atoms with Crippen molar-refractivity contribution in [1.29, 1.82) is 0 Å². The van der Waals surface area contributed by atoms with Gasteiger partial charge in [0.2, 0.25) is 10.0 Å². The summed E-state index contributed by atoms with van der Waals surface area (Å²) in [7, 11) is -1.78. The van der Waals surface area contributed by atoms with Gasteiger partial charge in [0, 0.05) is 19.5 Å². The first-order valence-electron chi connectivity index (χ1n) is 6.11. The molecule has 0 atom stereocenters. The molecular weight excluding hydrogens is 270 g/mol. The van der Waals surface area contributed by atoms with Gasteiger partial charge in [-0.3, -0.25) is 0 Å². The molecule has 0 N–H and O–H groups in total. The van der Waals surface area contributed by atoms with Gasteiger partial charge in [-0.15, -0.1) is 11.6 Å². The third-order valence-electron chi connectivity index (χ3n) is 2.95. The Bertz CT molecular complexity index is 500. The number of aryl methyl sites for hydroxylation is 1. The van der Waals surface area contributed by atoms with E-state index in [1.54, 1.807) is 19.2 Å². The van der Waals surface area contributed by atoms with Crippen LogP contribution in [0.15, 0.2) is 23.1 Å². The van der Waals surface area contributed by atoms with Crippen molar-refractivity contribution >= 4 is 21.6 Å². The monoisotopic (exact) mass is 289 g/mol. The molecule has 1 rings (SSSR count). The van der Waals surface area contributed by atoms with Crippen molar-refractivity contribution in [2.45, 2.75) is 37.5 Å². The third-order valence-corrected chi connectivity index (χ3v) is 5.09. The van der Waals surface area contributed by atoms with Gasteiger partial charge >= 0.3 is 0 Å². The predicted octanol–water partition coefficient (Wildman–Crippen LogP) is 3.02. The van der Waals surface area contributed by atoms with E-state index in [2.05, 4.69) is 0 Å². The normalized spacial score (nSPS) is 12.1. The lowest BCUT2D eigenvalue weighted by atomic mass is 10.1. The fraction of sp³-hybridized carbons (Fsp3) is 0.538. The number of rotatable bonds is 6. The Kier molecular flexibility index (Phi) is 5.63. The highest BCUT2D eigenvalue weighted by Crippen LogP contribution is 2.21. The SMILES string of the molecule is CCCN(C)S(=O)(=O)c1ccc(CC)c(CCl)c1. The number of alkyl halides is 1. The van der Waals surface area contributed by atoms with Crippen LogP contribution in [-0.4, -0.2) is 26.3 Å². The van der Waals surface area contributed by atoms with Gasteiger partial charge in [0.05, 0.1) is 4.90 Å². The van der Waals surface area contributed by atoms with Gasteiger partial charge in [-0.05, 0) is 36.1 Å². The molecule has 102 valence electrons. The van der Waals surface area contributed by atoms with E-state index in [0.717, 1.165) is 24.0 Å². The van der Waals surface area contributed by atoms with Gasteiger partial charge in [-0.25, -0.2) is 12.7 Å². The van der Waals surface area contributed by atoms with Crippen LogP contribution in [0.2, 0.25) is 0 Å². The van der Waals surface area contributed by atoms with Crippen LogP contribution in [0.3, 0.4) is 0 Å². The minimum absolute atomic E-state index is 0.325. The zero-order chi connectivity index (χ0) is 13.8. The summed E-state index contributed by atoms with van der Waals surface area (Å²) in [5, 5.41) is 0. The molecule has 0 aliphatic rings. The highest BCUT2D eigenvalue weighted by molar-refractivity contribution is 7.89. The zero-order valence-corrected chi connectivity index (χ0v) is 12.7. The second-order valence-electron chi connectivity index (χ2n) is 4.24. The number of benzene rings is 1. The van der Waals surface area contributed by atoms with E-state index in [-0.39, 0.29) is 0 Å². The topological polar surface area (TPSA) is 37.4 Å². The van der Waals surface area contributed by atoms with Crippen LogP contribution >= 0.6 is 11.6 Å². The molecule has 0 aliphatic heterocycles. The first-order chi connectivity index (χ1) is 8.47. The molecule has 0 aromatic heterocycles. The molecule has 0 saturated carbocycles. The lowest BCUT2D eigenvalue weighted by Gasteiger charge is -2.17. The maximum atomic E-state index is 12.3. The Morgan fingerprint density at radius 3 is 2.39 bits per heavy atom. The number of halogens is 1. The summed E-state index contributed by atoms with van der Waals surface area (Å²) in [6, 6.07) is 5.20. The molecule has 0 amide bonds. The molecule has 0 fully saturated rings. The Morgan fingerprint density at radius 2 is 1.89 bits per heavy atom. The molecule has 0 aliphatic carbocycles. The van der Waals surface area contributed by atoms with Crippen molar-refractivity contribution in [2.24, 2.45) is 0 Å². The maximum Gasteiger partial charge on any atom is 0.242 e. The molecule has 5 heteroatoms. The van der Waals surface area contributed by atoms with Gasteiger partial charge in [0.25, 0.3) is 0 Å². The highest BCUT2D eigenvalue weighted by Gasteiger charge is 2.20. The second kappa shape index (κ2) is 6.55.